The summed E-state index contributed by atoms with van der Waals surface area (Å²) in [4.78, 5) is 2.58. The summed E-state index contributed by atoms with van der Waals surface area (Å²) in [7, 11) is 0. The molecule has 0 saturated carbocycles. The van der Waals surface area contributed by atoms with E-state index < -0.39 is 0 Å². The van der Waals surface area contributed by atoms with Crippen LogP contribution in [0.2, 0.25) is 0 Å². The van der Waals surface area contributed by atoms with Crippen LogP contribution in [0.25, 0.3) is 0 Å². The first-order valence-corrected chi connectivity index (χ1v) is 7.40. The molecule has 0 aromatic carbocycles. The van der Waals surface area contributed by atoms with Crippen molar-refractivity contribution in [2.24, 2.45) is 0 Å². The molecule has 1 heterocycles. The molecule has 0 spiro atoms. The Morgan fingerprint density at radius 2 is 2.17 bits per heavy atom. The summed E-state index contributed by atoms with van der Waals surface area (Å²) in [5, 5.41) is 12.6. The molecule has 2 unspecified atom stereocenters. The van der Waals surface area contributed by atoms with Crippen molar-refractivity contribution in [2.75, 3.05) is 13.1 Å². The number of rotatable bonds is 7. The maximum absolute atomic E-state index is 9.26. The Balaban J connectivity index is 2.21. The SMILES string of the molecule is CC(C)NC(C)(C#N)CCCCN1CCCC1C. The standard InChI is InChI=1S/C15H29N3/c1-13(2)17-15(4,12-16)9-5-6-10-18-11-7-8-14(18)3/h13-14,17H,5-11H2,1-4H3. The summed E-state index contributed by atoms with van der Waals surface area (Å²) >= 11 is 0. The molecule has 1 aliphatic rings. The Bertz CT molecular complexity index is 282. The average Bonchev–Trinajstić information content (AvgIpc) is 2.70. The van der Waals surface area contributed by atoms with E-state index in [-0.39, 0.29) is 5.54 Å². The molecule has 0 aliphatic carbocycles. The molecule has 1 N–H and O–H groups in total. The van der Waals surface area contributed by atoms with Gasteiger partial charge < -0.3 is 4.90 Å². The molecule has 2 atom stereocenters. The van der Waals surface area contributed by atoms with Gasteiger partial charge in [-0.3, -0.25) is 5.32 Å². The van der Waals surface area contributed by atoms with Gasteiger partial charge in [0.05, 0.1) is 6.07 Å². The summed E-state index contributed by atoms with van der Waals surface area (Å²) in [5.74, 6) is 0. The van der Waals surface area contributed by atoms with Gasteiger partial charge in [0.15, 0.2) is 0 Å². The Hall–Kier alpha value is -0.590. The molecular weight excluding hydrogens is 222 g/mol. The minimum Gasteiger partial charge on any atom is -0.301 e. The number of likely N-dealkylation sites (tertiary alicyclic amines) is 1. The number of hydrogen-bond donors (Lipinski definition) is 1. The summed E-state index contributed by atoms with van der Waals surface area (Å²) < 4.78 is 0. The van der Waals surface area contributed by atoms with Crippen molar-refractivity contribution in [1.82, 2.24) is 10.2 Å². The quantitative estimate of drug-likeness (QED) is 0.707. The minimum absolute atomic E-state index is 0.356. The normalized spacial score (nSPS) is 24.1. The number of nitriles is 1. The summed E-state index contributed by atoms with van der Waals surface area (Å²) in [6.45, 7) is 11.0. The van der Waals surface area contributed by atoms with Crippen molar-refractivity contribution in [3.8, 4) is 6.07 Å². The van der Waals surface area contributed by atoms with Crippen LogP contribution in [-0.4, -0.2) is 35.6 Å². The Labute approximate surface area is 113 Å². The van der Waals surface area contributed by atoms with Gasteiger partial charge in [0.1, 0.15) is 5.54 Å². The van der Waals surface area contributed by atoms with Crippen LogP contribution in [0.4, 0.5) is 0 Å². The van der Waals surface area contributed by atoms with E-state index in [9.17, 15) is 5.26 Å². The second-order valence-corrected chi connectivity index (χ2v) is 6.23. The highest BCUT2D eigenvalue weighted by Crippen LogP contribution is 2.19. The molecule has 0 bridgehead atoms. The predicted octanol–water partition coefficient (Wildman–Crippen LogP) is 2.92. The van der Waals surface area contributed by atoms with Gasteiger partial charge in [0, 0.05) is 12.1 Å². The number of hydrogen-bond acceptors (Lipinski definition) is 3. The highest BCUT2D eigenvalue weighted by molar-refractivity contribution is 5.04. The molecule has 1 saturated heterocycles. The molecule has 1 rings (SSSR count). The Morgan fingerprint density at radius 1 is 1.44 bits per heavy atom. The van der Waals surface area contributed by atoms with Crippen LogP contribution < -0.4 is 5.32 Å². The van der Waals surface area contributed by atoms with Crippen LogP contribution in [-0.2, 0) is 0 Å². The third-order valence-electron chi connectivity index (χ3n) is 3.92. The second-order valence-electron chi connectivity index (χ2n) is 6.23. The summed E-state index contributed by atoms with van der Waals surface area (Å²) in [6.07, 6.45) is 6.00. The molecule has 3 nitrogen and oxygen atoms in total. The minimum atomic E-state index is -0.356. The maximum atomic E-state index is 9.26. The van der Waals surface area contributed by atoms with E-state index in [1.165, 1.54) is 32.4 Å². The first-order chi connectivity index (χ1) is 8.47. The average molecular weight is 251 g/mol. The van der Waals surface area contributed by atoms with Gasteiger partial charge in [-0.05, 0) is 72.9 Å². The van der Waals surface area contributed by atoms with E-state index >= 15 is 0 Å². The van der Waals surface area contributed by atoms with Gasteiger partial charge in [-0.1, -0.05) is 0 Å². The first-order valence-electron chi connectivity index (χ1n) is 7.40. The van der Waals surface area contributed by atoms with Crippen LogP contribution in [0.1, 0.15) is 59.8 Å². The molecule has 1 fully saturated rings. The zero-order chi connectivity index (χ0) is 13.6. The highest BCUT2D eigenvalue weighted by Gasteiger charge is 2.24. The third-order valence-corrected chi connectivity index (χ3v) is 3.92. The van der Waals surface area contributed by atoms with Crippen molar-refractivity contribution in [3.05, 3.63) is 0 Å². The van der Waals surface area contributed by atoms with Crippen LogP contribution >= 0.6 is 0 Å². The summed E-state index contributed by atoms with van der Waals surface area (Å²) in [5.41, 5.74) is -0.356. The molecular formula is C15H29N3. The molecule has 1 aliphatic heterocycles. The monoisotopic (exact) mass is 251 g/mol. The molecule has 104 valence electrons. The van der Waals surface area contributed by atoms with Crippen LogP contribution in [0.5, 0.6) is 0 Å². The van der Waals surface area contributed by atoms with Gasteiger partial charge in [-0.2, -0.15) is 5.26 Å². The number of nitrogens with one attached hydrogen (secondary N) is 1. The second kappa shape index (κ2) is 7.11. The van der Waals surface area contributed by atoms with Crippen molar-refractivity contribution < 1.29 is 0 Å². The number of nitrogens with zero attached hydrogens (tertiary/aromatic N) is 2. The van der Waals surface area contributed by atoms with E-state index in [0.717, 1.165) is 18.9 Å². The first kappa shape index (κ1) is 15.5. The van der Waals surface area contributed by atoms with Crippen LogP contribution in [0, 0.1) is 11.3 Å². The fourth-order valence-corrected chi connectivity index (χ4v) is 2.92. The lowest BCUT2D eigenvalue weighted by Crippen LogP contribution is -2.45. The van der Waals surface area contributed by atoms with Crippen molar-refractivity contribution >= 4 is 0 Å². The van der Waals surface area contributed by atoms with Crippen LogP contribution in [0.15, 0.2) is 0 Å². The third kappa shape index (κ3) is 4.96. The van der Waals surface area contributed by atoms with Crippen LogP contribution in [0.3, 0.4) is 0 Å². The van der Waals surface area contributed by atoms with E-state index in [1.54, 1.807) is 0 Å². The van der Waals surface area contributed by atoms with E-state index in [1.807, 2.05) is 6.92 Å². The fourth-order valence-electron chi connectivity index (χ4n) is 2.92. The van der Waals surface area contributed by atoms with Crippen molar-refractivity contribution in [2.45, 2.75) is 77.4 Å². The fraction of sp³-hybridized carbons (Fsp3) is 0.933. The van der Waals surface area contributed by atoms with Gasteiger partial charge in [-0.25, -0.2) is 0 Å². The largest absolute Gasteiger partial charge is 0.301 e. The zero-order valence-electron chi connectivity index (χ0n) is 12.5. The van der Waals surface area contributed by atoms with Gasteiger partial charge >= 0.3 is 0 Å². The lowest BCUT2D eigenvalue weighted by molar-refractivity contribution is 0.257. The topological polar surface area (TPSA) is 39.1 Å². The lowest BCUT2D eigenvalue weighted by atomic mass is 9.95. The zero-order valence-corrected chi connectivity index (χ0v) is 12.5. The number of unbranched alkanes of at least 4 members (excludes halogenated alkanes) is 1. The van der Waals surface area contributed by atoms with E-state index in [2.05, 4.69) is 37.1 Å². The molecule has 0 aromatic rings. The van der Waals surface area contributed by atoms with Crippen molar-refractivity contribution in [1.29, 1.82) is 5.26 Å². The predicted molar refractivity (Wildman–Crippen MR) is 76.4 cm³/mol. The molecule has 3 heteroatoms. The summed E-state index contributed by atoms with van der Waals surface area (Å²) in [6, 6.07) is 3.56. The van der Waals surface area contributed by atoms with Crippen molar-refractivity contribution in [3.63, 3.8) is 0 Å². The molecule has 18 heavy (non-hydrogen) atoms. The maximum Gasteiger partial charge on any atom is 0.104 e. The van der Waals surface area contributed by atoms with E-state index in [0.29, 0.717) is 6.04 Å². The van der Waals surface area contributed by atoms with Gasteiger partial charge in [0.25, 0.3) is 0 Å². The van der Waals surface area contributed by atoms with Gasteiger partial charge in [0.2, 0.25) is 0 Å². The van der Waals surface area contributed by atoms with Gasteiger partial charge in [-0.15, -0.1) is 0 Å². The Morgan fingerprint density at radius 3 is 2.67 bits per heavy atom. The smallest absolute Gasteiger partial charge is 0.104 e. The highest BCUT2D eigenvalue weighted by atomic mass is 15.2. The molecule has 0 amide bonds. The lowest BCUT2D eigenvalue weighted by Gasteiger charge is -2.26. The van der Waals surface area contributed by atoms with E-state index in [4.69, 9.17) is 0 Å². The molecule has 0 aromatic heterocycles. The molecule has 0 radical (unpaired) electrons. The Kier molecular flexibility index (Phi) is 6.11.